The molecule has 0 saturated heterocycles. The van der Waals surface area contributed by atoms with Gasteiger partial charge in [0.2, 0.25) is 0 Å². The Balaban J connectivity index is 2.34. The molecule has 100 valence electrons. The molecule has 8 nitrogen and oxygen atoms in total. The van der Waals surface area contributed by atoms with Crippen molar-refractivity contribution in [2.75, 3.05) is 19.6 Å². The molecule has 0 saturated carbocycles. The van der Waals surface area contributed by atoms with Crippen LogP contribution in [-0.2, 0) is 11.3 Å². The first kappa shape index (κ1) is 13.9. The van der Waals surface area contributed by atoms with Crippen molar-refractivity contribution >= 4 is 12.0 Å². The van der Waals surface area contributed by atoms with Crippen molar-refractivity contribution in [2.45, 2.75) is 19.9 Å². The lowest BCUT2D eigenvalue weighted by Gasteiger charge is -2.20. The van der Waals surface area contributed by atoms with Gasteiger partial charge in [-0.25, -0.2) is 4.79 Å². The van der Waals surface area contributed by atoms with Crippen molar-refractivity contribution < 1.29 is 14.7 Å². The van der Waals surface area contributed by atoms with E-state index in [-0.39, 0.29) is 12.6 Å². The van der Waals surface area contributed by atoms with Gasteiger partial charge in [-0.3, -0.25) is 9.48 Å². The molecule has 18 heavy (non-hydrogen) atoms. The van der Waals surface area contributed by atoms with Gasteiger partial charge in [0.05, 0.1) is 12.7 Å². The van der Waals surface area contributed by atoms with E-state index in [1.54, 1.807) is 17.1 Å². The molecule has 2 amide bonds. The highest BCUT2D eigenvalue weighted by Crippen LogP contribution is 1.92. The summed E-state index contributed by atoms with van der Waals surface area (Å²) < 4.78 is 1.58. The molecule has 0 atom stereocenters. The van der Waals surface area contributed by atoms with E-state index in [0.717, 1.165) is 0 Å². The molecule has 0 aromatic carbocycles. The number of carbonyl (C=O) groups excluding carboxylic acids is 1. The Hall–Kier alpha value is -2.12. The predicted octanol–water partition coefficient (Wildman–Crippen LogP) is -0.216. The summed E-state index contributed by atoms with van der Waals surface area (Å²) in [5.41, 5.74) is 0. The number of amides is 2. The molecule has 0 aliphatic carbocycles. The molecule has 0 fully saturated rings. The second kappa shape index (κ2) is 7.25. The van der Waals surface area contributed by atoms with Gasteiger partial charge in [-0.2, -0.15) is 0 Å². The SMILES string of the molecule is CCCN(CC(=O)O)C(=O)NCCn1ccnn1. The maximum absolute atomic E-state index is 11.7. The van der Waals surface area contributed by atoms with Crippen LogP contribution in [0.1, 0.15) is 13.3 Å². The molecule has 0 spiro atoms. The molecule has 1 rings (SSSR count). The third-order valence-corrected chi connectivity index (χ3v) is 2.20. The van der Waals surface area contributed by atoms with Gasteiger partial charge in [0.15, 0.2) is 0 Å². The van der Waals surface area contributed by atoms with E-state index < -0.39 is 5.97 Å². The summed E-state index contributed by atoms with van der Waals surface area (Å²) >= 11 is 0. The van der Waals surface area contributed by atoms with Crippen molar-refractivity contribution in [3.05, 3.63) is 12.4 Å². The fourth-order valence-electron chi connectivity index (χ4n) is 1.43. The molecule has 1 aromatic heterocycles. The van der Waals surface area contributed by atoms with E-state index in [0.29, 0.717) is 26.1 Å². The Morgan fingerprint density at radius 1 is 1.50 bits per heavy atom. The number of carboxylic acids is 1. The summed E-state index contributed by atoms with van der Waals surface area (Å²) in [6, 6.07) is -0.376. The molecular weight excluding hydrogens is 238 g/mol. The third kappa shape index (κ3) is 4.81. The highest BCUT2D eigenvalue weighted by molar-refractivity contribution is 5.79. The topological polar surface area (TPSA) is 100 Å². The molecule has 0 radical (unpaired) electrons. The molecule has 1 aromatic rings. The fourth-order valence-corrected chi connectivity index (χ4v) is 1.43. The average Bonchev–Trinajstić information content (AvgIpc) is 2.81. The van der Waals surface area contributed by atoms with Gasteiger partial charge in [-0.05, 0) is 6.42 Å². The van der Waals surface area contributed by atoms with Crippen molar-refractivity contribution in [3.8, 4) is 0 Å². The van der Waals surface area contributed by atoms with Crippen molar-refractivity contribution in [3.63, 3.8) is 0 Å². The van der Waals surface area contributed by atoms with Gasteiger partial charge < -0.3 is 15.3 Å². The largest absolute Gasteiger partial charge is 0.480 e. The quantitative estimate of drug-likeness (QED) is 0.701. The Morgan fingerprint density at radius 3 is 2.83 bits per heavy atom. The smallest absolute Gasteiger partial charge is 0.323 e. The molecule has 0 bridgehead atoms. The molecule has 0 aliphatic rings. The summed E-state index contributed by atoms with van der Waals surface area (Å²) in [7, 11) is 0. The zero-order valence-corrected chi connectivity index (χ0v) is 10.2. The van der Waals surface area contributed by atoms with E-state index in [1.807, 2.05) is 6.92 Å². The molecule has 8 heteroatoms. The first-order chi connectivity index (χ1) is 8.63. The van der Waals surface area contributed by atoms with Crippen LogP contribution in [0.4, 0.5) is 4.79 Å². The van der Waals surface area contributed by atoms with Crippen LogP contribution in [0.3, 0.4) is 0 Å². The van der Waals surface area contributed by atoms with Gasteiger partial charge in [0.1, 0.15) is 6.54 Å². The Labute approximate surface area is 105 Å². The summed E-state index contributed by atoms with van der Waals surface area (Å²) in [4.78, 5) is 23.6. The molecule has 0 unspecified atom stereocenters. The van der Waals surface area contributed by atoms with Crippen molar-refractivity contribution in [1.82, 2.24) is 25.2 Å². The monoisotopic (exact) mass is 255 g/mol. The number of carboxylic acid groups (broad SMARTS) is 1. The lowest BCUT2D eigenvalue weighted by molar-refractivity contribution is -0.137. The minimum Gasteiger partial charge on any atom is -0.480 e. The van der Waals surface area contributed by atoms with Gasteiger partial charge in [0, 0.05) is 19.3 Å². The number of rotatable bonds is 7. The van der Waals surface area contributed by atoms with Crippen LogP contribution < -0.4 is 5.32 Å². The zero-order valence-electron chi connectivity index (χ0n) is 10.2. The number of nitrogens with one attached hydrogen (secondary N) is 1. The fraction of sp³-hybridized carbons (Fsp3) is 0.600. The molecule has 2 N–H and O–H groups in total. The van der Waals surface area contributed by atoms with Crippen LogP contribution in [0, 0.1) is 0 Å². The van der Waals surface area contributed by atoms with E-state index in [9.17, 15) is 9.59 Å². The number of aromatic nitrogens is 3. The first-order valence-corrected chi connectivity index (χ1v) is 5.72. The summed E-state index contributed by atoms with van der Waals surface area (Å²) in [5.74, 6) is -1.02. The van der Waals surface area contributed by atoms with Crippen LogP contribution >= 0.6 is 0 Å². The standard InChI is InChI=1S/C10H17N5O3/c1-2-5-14(8-9(16)17)10(18)11-3-6-15-7-4-12-13-15/h4,7H,2-3,5-6,8H2,1H3,(H,11,18)(H,16,17). The third-order valence-electron chi connectivity index (χ3n) is 2.20. The Morgan fingerprint density at radius 2 is 2.28 bits per heavy atom. The van der Waals surface area contributed by atoms with Gasteiger partial charge in [-0.15, -0.1) is 5.10 Å². The van der Waals surface area contributed by atoms with Crippen LogP contribution in [0.25, 0.3) is 0 Å². The zero-order chi connectivity index (χ0) is 13.4. The number of hydrogen-bond donors (Lipinski definition) is 2. The number of aliphatic carboxylic acids is 1. The van der Waals surface area contributed by atoms with Crippen LogP contribution in [0.15, 0.2) is 12.4 Å². The van der Waals surface area contributed by atoms with E-state index in [1.165, 1.54) is 4.90 Å². The summed E-state index contributed by atoms with van der Waals surface area (Å²) in [5, 5.41) is 18.7. The number of nitrogens with zero attached hydrogens (tertiary/aromatic N) is 4. The van der Waals surface area contributed by atoms with Crippen LogP contribution in [0.2, 0.25) is 0 Å². The Kier molecular flexibility index (Phi) is 5.62. The number of hydrogen-bond acceptors (Lipinski definition) is 4. The van der Waals surface area contributed by atoms with E-state index in [2.05, 4.69) is 15.6 Å². The van der Waals surface area contributed by atoms with Crippen LogP contribution in [-0.4, -0.2) is 56.6 Å². The molecule has 0 aliphatic heterocycles. The summed E-state index contributed by atoms with van der Waals surface area (Å²) in [6.45, 7) is 2.89. The Bertz CT molecular complexity index is 379. The lowest BCUT2D eigenvalue weighted by Crippen LogP contribution is -2.44. The highest BCUT2D eigenvalue weighted by atomic mass is 16.4. The van der Waals surface area contributed by atoms with Gasteiger partial charge in [-0.1, -0.05) is 12.1 Å². The van der Waals surface area contributed by atoms with Crippen LogP contribution in [0.5, 0.6) is 0 Å². The van der Waals surface area contributed by atoms with Crippen molar-refractivity contribution in [1.29, 1.82) is 0 Å². The minimum absolute atomic E-state index is 0.289. The first-order valence-electron chi connectivity index (χ1n) is 5.72. The molecular formula is C10H17N5O3. The normalized spacial score (nSPS) is 10.1. The maximum atomic E-state index is 11.7. The van der Waals surface area contributed by atoms with Crippen molar-refractivity contribution in [2.24, 2.45) is 0 Å². The highest BCUT2D eigenvalue weighted by Gasteiger charge is 2.14. The van der Waals surface area contributed by atoms with Gasteiger partial charge in [0.25, 0.3) is 0 Å². The predicted molar refractivity (Wildman–Crippen MR) is 62.9 cm³/mol. The summed E-state index contributed by atoms with van der Waals surface area (Å²) in [6.07, 6.45) is 3.95. The van der Waals surface area contributed by atoms with E-state index in [4.69, 9.17) is 5.11 Å². The number of carbonyl (C=O) groups is 2. The minimum atomic E-state index is -1.02. The second-order valence-electron chi connectivity index (χ2n) is 3.71. The maximum Gasteiger partial charge on any atom is 0.323 e. The second-order valence-corrected chi connectivity index (χ2v) is 3.71. The molecule has 1 heterocycles. The van der Waals surface area contributed by atoms with E-state index >= 15 is 0 Å². The number of urea groups is 1. The lowest BCUT2D eigenvalue weighted by atomic mass is 10.4. The van der Waals surface area contributed by atoms with Gasteiger partial charge >= 0.3 is 12.0 Å². The average molecular weight is 255 g/mol.